The van der Waals surface area contributed by atoms with Gasteiger partial charge in [0.1, 0.15) is 0 Å². The maximum absolute atomic E-state index is 5.56. The van der Waals surface area contributed by atoms with E-state index < -0.39 is 0 Å². The summed E-state index contributed by atoms with van der Waals surface area (Å²) < 4.78 is 22.1. The Morgan fingerprint density at radius 3 is 2.50 bits per heavy atom. The van der Waals surface area contributed by atoms with Gasteiger partial charge in [0.2, 0.25) is 0 Å². The minimum Gasteiger partial charge on any atom is -0.409 e. The SMILES string of the molecule is C(/B1OCCO1)=C1\CCCCC1CB1OCCO1. The van der Waals surface area contributed by atoms with Crippen LogP contribution in [0.15, 0.2) is 11.5 Å². The summed E-state index contributed by atoms with van der Waals surface area (Å²) in [5.41, 5.74) is 1.48. The van der Waals surface area contributed by atoms with Gasteiger partial charge in [0.05, 0.1) is 26.4 Å². The van der Waals surface area contributed by atoms with Crippen LogP contribution >= 0.6 is 0 Å². The molecule has 0 aromatic carbocycles. The van der Waals surface area contributed by atoms with Crippen LogP contribution in [0, 0.1) is 5.92 Å². The molecule has 1 saturated carbocycles. The van der Waals surface area contributed by atoms with Crippen molar-refractivity contribution in [1.29, 1.82) is 0 Å². The Labute approximate surface area is 109 Å². The molecule has 1 unspecified atom stereocenters. The number of hydrogen-bond donors (Lipinski definition) is 0. The van der Waals surface area contributed by atoms with Gasteiger partial charge in [-0.15, -0.1) is 0 Å². The van der Waals surface area contributed by atoms with E-state index in [0.29, 0.717) is 19.1 Å². The van der Waals surface area contributed by atoms with Crippen molar-refractivity contribution in [3.05, 3.63) is 11.5 Å². The summed E-state index contributed by atoms with van der Waals surface area (Å²) in [4.78, 5) is 0. The zero-order valence-corrected chi connectivity index (χ0v) is 10.8. The Kier molecular flexibility index (Phi) is 4.41. The summed E-state index contributed by atoms with van der Waals surface area (Å²) >= 11 is 0. The summed E-state index contributed by atoms with van der Waals surface area (Å²) in [5, 5.41) is 0. The lowest BCUT2D eigenvalue weighted by molar-refractivity contribution is 0.353. The Balaban J connectivity index is 1.61. The van der Waals surface area contributed by atoms with E-state index in [0.717, 1.165) is 19.5 Å². The molecule has 3 rings (SSSR count). The van der Waals surface area contributed by atoms with Gasteiger partial charge in [0.25, 0.3) is 0 Å². The highest BCUT2D eigenvalue weighted by molar-refractivity contribution is 6.51. The Morgan fingerprint density at radius 1 is 1.00 bits per heavy atom. The van der Waals surface area contributed by atoms with Crippen molar-refractivity contribution >= 4 is 14.2 Å². The van der Waals surface area contributed by atoms with Gasteiger partial charge in [-0.1, -0.05) is 18.0 Å². The summed E-state index contributed by atoms with van der Waals surface area (Å²) in [6.45, 7) is 2.92. The van der Waals surface area contributed by atoms with Crippen LogP contribution in [0.3, 0.4) is 0 Å². The molecule has 0 aromatic rings. The molecule has 0 spiro atoms. The molecule has 4 nitrogen and oxygen atoms in total. The van der Waals surface area contributed by atoms with Crippen molar-refractivity contribution in [2.45, 2.75) is 32.0 Å². The van der Waals surface area contributed by atoms with Gasteiger partial charge < -0.3 is 18.6 Å². The molecule has 0 N–H and O–H groups in total. The molecule has 1 atom stereocenters. The molecule has 0 bridgehead atoms. The first-order valence-corrected chi connectivity index (χ1v) is 7.09. The van der Waals surface area contributed by atoms with E-state index >= 15 is 0 Å². The summed E-state index contributed by atoms with van der Waals surface area (Å²) in [6, 6.07) is 0. The van der Waals surface area contributed by atoms with E-state index in [4.69, 9.17) is 18.6 Å². The third-order valence-corrected chi connectivity index (χ3v) is 3.96. The highest BCUT2D eigenvalue weighted by atomic mass is 16.6. The molecule has 0 amide bonds. The van der Waals surface area contributed by atoms with E-state index in [9.17, 15) is 0 Å². The maximum Gasteiger partial charge on any atom is 0.486 e. The number of allylic oxidation sites excluding steroid dienone is 1. The van der Waals surface area contributed by atoms with Gasteiger partial charge in [0.15, 0.2) is 0 Å². The lowest BCUT2D eigenvalue weighted by Crippen LogP contribution is -2.23. The zero-order valence-electron chi connectivity index (χ0n) is 10.8. The van der Waals surface area contributed by atoms with Crippen LogP contribution in [-0.2, 0) is 18.6 Å². The fraction of sp³-hybridized carbons (Fsp3) is 0.833. The van der Waals surface area contributed by atoms with Crippen molar-refractivity contribution in [2.75, 3.05) is 26.4 Å². The topological polar surface area (TPSA) is 36.9 Å². The molecular formula is C12H20B2O4. The standard InChI is InChI=1S/C12H20B2O4/c1-2-4-12(10-14-17-7-8-18-14)11(3-1)9-13-15-5-6-16-13/h9,12H,1-8,10H2/b11-9-. The predicted octanol–water partition coefficient (Wildman–Crippen LogP) is 1.71. The van der Waals surface area contributed by atoms with E-state index in [1.54, 1.807) is 0 Å². The first-order valence-electron chi connectivity index (χ1n) is 7.09. The van der Waals surface area contributed by atoms with E-state index in [1.165, 1.54) is 31.3 Å². The second-order valence-electron chi connectivity index (χ2n) is 5.20. The highest BCUT2D eigenvalue weighted by Gasteiger charge is 2.32. The van der Waals surface area contributed by atoms with Gasteiger partial charge in [-0.25, -0.2) is 0 Å². The highest BCUT2D eigenvalue weighted by Crippen LogP contribution is 2.34. The summed E-state index contributed by atoms with van der Waals surface area (Å²) in [7, 11) is -0.118. The molecule has 6 heteroatoms. The van der Waals surface area contributed by atoms with Crippen LogP contribution in [0.4, 0.5) is 0 Å². The third kappa shape index (κ3) is 3.18. The first-order chi connectivity index (χ1) is 8.92. The van der Waals surface area contributed by atoms with Crippen molar-refractivity contribution in [1.82, 2.24) is 0 Å². The van der Waals surface area contributed by atoms with E-state index in [-0.39, 0.29) is 14.2 Å². The number of rotatable bonds is 3. The predicted molar refractivity (Wildman–Crippen MR) is 70.2 cm³/mol. The molecule has 2 heterocycles. The summed E-state index contributed by atoms with van der Waals surface area (Å²) in [5.74, 6) is 2.76. The molecule has 3 aliphatic rings. The lowest BCUT2D eigenvalue weighted by Gasteiger charge is -2.26. The molecule has 98 valence electrons. The Hall–Kier alpha value is -0.290. The second-order valence-corrected chi connectivity index (χ2v) is 5.20. The van der Waals surface area contributed by atoms with Crippen LogP contribution in [0.2, 0.25) is 6.32 Å². The van der Waals surface area contributed by atoms with Gasteiger partial charge in [-0.05, 0) is 31.5 Å². The van der Waals surface area contributed by atoms with E-state index in [2.05, 4.69) is 5.98 Å². The Bertz CT molecular complexity index is 298. The Morgan fingerprint density at radius 2 is 1.72 bits per heavy atom. The third-order valence-electron chi connectivity index (χ3n) is 3.96. The zero-order chi connectivity index (χ0) is 12.2. The monoisotopic (exact) mass is 250 g/mol. The molecule has 0 radical (unpaired) electrons. The lowest BCUT2D eigenvalue weighted by atomic mass is 9.67. The van der Waals surface area contributed by atoms with Crippen LogP contribution in [0.25, 0.3) is 0 Å². The van der Waals surface area contributed by atoms with Crippen molar-refractivity contribution in [2.24, 2.45) is 5.92 Å². The fourth-order valence-electron chi connectivity index (χ4n) is 3.02. The normalized spacial score (nSPS) is 31.6. The maximum atomic E-state index is 5.56. The largest absolute Gasteiger partial charge is 0.486 e. The van der Waals surface area contributed by atoms with Crippen molar-refractivity contribution in [3.8, 4) is 0 Å². The molecule has 2 aliphatic heterocycles. The van der Waals surface area contributed by atoms with Crippen molar-refractivity contribution < 1.29 is 18.6 Å². The van der Waals surface area contributed by atoms with E-state index in [1.807, 2.05) is 0 Å². The van der Waals surface area contributed by atoms with Crippen LogP contribution in [-0.4, -0.2) is 40.7 Å². The van der Waals surface area contributed by atoms with Gasteiger partial charge in [-0.2, -0.15) is 0 Å². The van der Waals surface area contributed by atoms with Gasteiger partial charge >= 0.3 is 14.2 Å². The van der Waals surface area contributed by atoms with Gasteiger partial charge in [0, 0.05) is 0 Å². The minimum absolute atomic E-state index is 0.00177. The molecular weight excluding hydrogens is 230 g/mol. The minimum atomic E-state index is -0.119. The fourth-order valence-corrected chi connectivity index (χ4v) is 3.02. The summed E-state index contributed by atoms with van der Waals surface area (Å²) in [6.07, 6.45) is 5.98. The second kappa shape index (κ2) is 6.24. The molecule has 2 saturated heterocycles. The van der Waals surface area contributed by atoms with Crippen LogP contribution in [0.5, 0.6) is 0 Å². The average molecular weight is 250 g/mol. The van der Waals surface area contributed by atoms with Gasteiger partial charge in [-0.3, -0.25) is 0 Å². The molecule has 3 fully saturated rings. The van der Waals surface area contributed by atoms with Crippen molar-refractivity contribution in [3.63, 3.8) is 0 Å². The first kappa shape index (κ1) is 12.7. The average Bonchev–Trinajstić information content (AvgIpc) is 3.05. The molecule has 18 heavy (non-hydrogen) atoms. The number of hydrogen-bond acceptors (Lipinski definition) is 4. The molecule has 1 aliphatic carbocycles. The quantitative estimate of drug-likeness (QED) is 0.714. The smallest absolute Gasteiger partial charge is 0.409 e. The molecule has 0 aromatic heterocycles. The van der Waals surface area contributed by atoms with Crippen LogP contribution < -0.4 is 0 Å². The van der Waals surface area contributed by atoms with Crippen LogP contribution in [0.1, 0.15) is 25.7 Å².